The molecule has 1 aliphatic heterocycles. The fraction of sp³-hybridized carbons (Fsp3) is 0.133. The van der Waals surface area contributed by atoms with Crippen molar-refractivity contribution in [1.82, 2.24) is 0 Å². The molecule has 0 amide bonds. The highest BCUT2D eigenvalue weighted by Gasteiger charge is 2.29. The Morgan fingerprint density at radius 2 is 1.83 bits per heavy atom. The summed E-state index contributed by atoms with van der Waals surface area (Å²) in [5, 5.41) is 9.68. The Kier molecular flexibility index (Phi) is 2.52. The quantitative estimate of drug-likeness (QED) is 0.779. The van der Waals surface area contributed by atoms with Gasteiger partial charge in [-0.1, -0.05) is 42.5 Å². The molecule has 90 valence electrons. The number of phenolic OH excluding ortho intramolecular Hbond substituents is 1. The molecular weight excluding hydrogens is 228 g/mol. The maximum atomic E-state index is 11.9. The number of ether oxygens (including phenoxy) is 1. The third-order valence-corrected chi connectivity index (χ3v) is 3.16. The summed E-state index contributed by atoms with van der Waals surface area (Å²) in [6.07, 6.45) is 0.326. The Morgan fingerprint density at radius 3 is 2.61 bits per heavy atom. The van der Waals surface area contributed by atoms with Crippen molar-refractivity contribution in [2.45, 2.75) is 12.5 Å². The van der Waals surface area contributed by atoms with Gasteiger partial charge in [0, 0.05) is 6.42 Å². The van der Waals surface area contributed by atoms with E-state index in [2.05, 4.69) is 0 Å². The van der Waals surface area contributed by atoms with Gasteiger partial charge in [-0.05, 0) is 17.2 Å². The molecule has 0 aliphatic carbocycles. The molecule has 0 spiro atoms. The Morgan fingerprint density at radius 1 is 1.06 bits per heavy atom. The lowest BCUT2D eigenvalue weighted by molar-refractivity contribution is 0.0248. The molecule has 1 heterocycles. The third-order valence-electron chi connectivity index (χ3n) is 3.16. The Balaban J connectivity index is 2.00. The van der Waals surface area contributed by atoms with Gasteiger partial charge in [-0.3, -0.25) is 0 Å². The molecule has 3 nitrogen and oxygen atoms in total. The van der Waals surface area contributed by atoms with Gasteiger partial charge in [0.15, 0.2) is 0 Å². The molecule has 3 rings (SSSR count). The van der Waals surface area contributed by atoms with Gasteiger partial charge in [0.2, 0.25) is 0 Å². The highest BCUT2D eigenvalue weighted by atomic mass is 16.5. The molecule has 0 unspecified atom stereocenters. The number of carbonyl (C=O) groups is 1. The standard InChI is InChI=1S/C15H12O3/c16-12-8-4-7-11-9-13(18-15(17)14(11)12)10-5-2-1-3-6-10/h1-8,13,16H,9H2/t13-/m1/s1. The SMILES string of the molecule is O=C1O[C@@H](c2ccccc2)Cc2cccc(O)c21. The summed E-state index contributed by atoms with van der Waals surface area (Å²) in [6, 6.07) is 14.7. The number of rotatable bonds is 1. The van der Waals surface area contributed by atoms with Crippen molar-refractivity contribution in [2.75, 3.05) is 0 Å². The van der Waals surface area contributed by atoms with Crippen molar-refractivity contribution in [3.8, 4) is 5.75 Å². The van der Waals surface area contributed by atoms with Crippen LogP contribution in [0.25, 0.3) is 0 Å². The summed E-state index contributed by atoms with van der Waals surface area (Å²) in [5.74, 6) is -0.466. The van der Waals surface area contributed by atoms with Crippen molar-refractivity contribution in [3.05, 3.63) is 65.2 Å². The predicted molar refractivity (Wildman–Crippen MR) is 66.4 cm³/mol. The molecular formula is C15H12O3. The molecule has 1 aliphatic rings. The minimum absolute atomic E-state index is 0.0102. The number of hydrogen-bond acceptors (Lipinski definition) is 3. The van der Waals surface area contributed by atoms with Gasteiger partial charge in [0.1, 0.15) is 17.4 Å². The van der Waals surface area contributed by atoms with Crippen molar-refractivity contribution in [2.24, 2.45) is 0 Å². The summed E-state index contributed by atoms with van der Waals surface area (Å²) in [6.45, 7) is 0. The van der Waals surface area contributed by atoms with Crippen molar-refractivity contribution >= 4 is 5.97 Å². The normalized spacial score (nSPS) is 18.0. The van der Waals surface area contributed by atoms with Gasteiger partial charge in [-0.25, -0.2) is 4.79 Å². The molecule has 3 heteroatoms. The fourth-order valence-electron chi connectivity index (χ4n) is 2.28. The lowest BCUT2D eigenvalue weighted by atomic mass is 9.94. The lowest BCUT2D eigenvalue weighted by Gasteiger charge is -2.25. The molecule has 2 aromatic rings. The maximum Gasteiger partial charge on any atom is 0.342 e. The van der Waals surface area contributed by atoms with E-state index in [0.717, 1.165) is 11.1 Å². The van der Waals surface area contributed by atoms with E-state index in [0.29, 0.717) is 12.0 Å². The summed E-state index contributed by atoms with van der Waals surface area (Å²) < 4.78 is 5.38. The number of aromatic hydroxyl groups is 1. The zero-order valence-electron chi connectivity index (χ0n) is 9.67. The van der Waals surface area contributed by atoms with Crippen LogP contribution in [0.1, 0.15) is 27.6 Å². The summed E-state index contributed by atoms with van der Waals surface area (Å²) in [7, 11) is 0. The number of hydrogen-bond donors (Lipinski definition) is 1. The zero-order valence-corrected chi connectivity index (χ0v) is 9.67. The van der Waals surface area contributed by atoms with Crippen LogP contribution in [-0.4, -0.2) is 11.1 Å². The van der Waals surface area contributed by atoms with Crippen LogP contribution in [0.3, 0.4) is 0 Å². The van der Waals surface area contributed by atoms with Crippen molar-refractivity contribution in [3.63, 3.8) is 0 Å². The average molecular weight is 240 g/mol. The highest BCUT2D eigenvalue weighted by Crippen LogP contribution is 2.34. The van der Waals surface area contributed by atoms with Crippen molar-refractivity contribution < 1.29 is 14.6 Å². The summed E-state index contributed by atoms with van der Waals surface area (Å²) in [5.41, 5.74) is 2.10. The summed E-state index contributed by atoms with van der Waals surface area (Å²) in [4.78, 5) is 11.9. The minimum Gasteiger partial charge on any atom is -0.507 e. The second-order valence-electron chi connectivity index (χ2n) is 4.32. The van der Waals surface area contributed by atoms with Crippen LogP contribution < -0.4 is 0 Å². The second-order valence-corrected chi connectivity index (χ2v) is 4.32. The van der Waals surface area contributed by atoms with Crippen LogP contribution in [-0.2, 0) is 11.2 Å². The number of phenols is 1. The third kappa shape index (κ3) is 1.74. The second kappa shape index (κ2) is 4.18. The van der Waals surface area contributed by atoms with Crippen LogP contribution in [0.2, 0.25) is 0 Å². The molecule has 0 aromatic heterocycles. The molecule has 0 saturated heterocycles. The number of benzene rings is 2. The predicted octanol–water partition coefficient (Wildman–Crippen LogP) is 2.85. The first-order chi connectivity index (χ1) is 8.75. The molecule has 0 saturated carbocycles. The lowest BCUT2D eigenvalue weighted by Crippen LogP contribution is -2.21. The van der Waals surface area contributed by atoms with Gasteiger partial charge in [-0.15, -0.1) is 0 Å². The van der Waals surface area contributed by atoms with E-state index in [1.54, 1.807) is 6.07 Å². The molecule has 18 heavy (non-hydrogen) atoms. The molecule has 1 atom stereocenters. The van der Waals surface area contributed by atoms with E-state index in [1.165, 1.54) is 6.07 Å². The van der Waals surface area contributed by atoms with Gasteiger partial charge in [-0.2, -0.15) is 0 Å². The van der Waals surface area contributed by atoms with Crippen LogP contribution in [0, 0.1) is 0 Å². The monoisotopic (exact) mass is 240 g/mol. The first kappa shape index (κ1) is 10.8. The number of fused-ring (bicyclic) bond motifs is 1. The van der Waals surface area contributed by atoms with Gasteiger partial charge >= 0.3 is 5.97 Å². The van der Waals surface area contributed by atoms with E-state index in [1.807, 2.05) is 36.4 Å². The summed E-state index contributed by atoms with van der Waals surface area (Å²) >= 11 is 0. The van der Waals surface area contributed by atoms with E-state index < -0.39 is 5.97 Å². The van der Waals surface area contributed by atoms with Crippen molar-refractivity contribution in [1.29, 1.82) is 0 Å². The van der Waals surface area contributed by atoms with Gasteiger partial charge in [0.05, 0.1) is 0 Å². The smallest absolute Gasteiger partial charge is 0.342 e. The minimum atomic E-state index is -0.455. The van der Waals surface area contributed by atoms with Crippen LogP contribution >= 0.6 is 0 Å². The van der Waals surface area contributed by atoms with Crippen LogP contribution in [0.4, 0.5) is 0 Å². The molecule has 0 radical (unpaired) electrons. The van der Waals surface area contributed by atoms with Gasteiger partial charge < -0.3 is 9.84 Å². The zero-order chi connectivity index (χ0) is 12.5. The van der Waals surface area contributed by atoms with Crippen LogP contribution in [0.5, 0.6) is 5.75 Å². The maximum absolute atomic E-state index is 11.9. The molecule has 2 aromatic carbocycles. The first-order valence-corrected chi connectivity index (χ1v) is 5.82. The molecule has 0 fully saturated rings. The Bertz CT molecular complexity index is 590. The first-order valence-electron chi connectivity index (χ1n) is 5.82. The number of carbonyl (C=O) groups excluding carboxylic acids is 1. The molecule has 1 N–H and O–H groups in total. The average Bonchev–Trinajstić information content (AvgIpc) is 2.39. The number of esters is 1. The Labute approximate surface area is 105 Å². The highest BCUT2D eigenvalue weighted by molar-refractivity contribution is 5.95. The van der Waals surface area contributed by atoms with E-state index in [4.69, 9.17) is 4.74 Å². The topological polar surface area (TPSA) is 46.5 Å². The van der Waals surface area contributed by atoms with Gasteiger partial charge in [0.25, 0.3) is 0 Å². The largest absolute Gasteiger partial charge is 0.507 e. The number of cyclic esters (lactones) is 1. The fourth-order valence-corrected chi connectivity index (χ4v) is 2.28. The van der Waals surface area contributed by atoms with E-state index in [-0.39, 0.29) is 11.9 Å². The van der Waals surface area contributed by atoms with E-state index >= 15 is 0 Å². The van der Waals surface area contributed by atoms with Crippen LogP contribution in [0.15, 0.2) is 48.5 Å². The van der Waals surface area contributed by atoms with E-state index in [9.17, 15) is 9.90 Å². The Hall–Kier alpha value is -2.29. The molecule has 0 bridgehead atoms.